The van der Waals surface area contributed by atoms with Crippen molar-refractivity contribution in [3.63, 3.8) is 0 Å². The predicted molar refractivity (Wildman–Crippen MR) is 136 cm³/mol. The minimum Gasteiger partial charge on any atom is -0.464 e. The van der Waals surface area contributed by atoms with Gasteiger partial charge in [-0.15, -0.1) is 0 Å². The zero-order valence-electron chi connectivity index (χ0n) is 20.3. The smallest absolute Gasteiger partial charge is 0.331 e. The van der Waals surface area contributed by atoms with Crippen molar-refractivity contribution in [1.82, 2.24) is 9.80 Å². The van der Waals surface area contributed by atoms with Gasteiger partial charge in [0.15, 0.2) is 6.04 Å². The molecule has 0 unspecified atom stereocenters. The minimum atomic E-state index is -0.840. The second-order valence-electron chi connectivity index (χ2n) is 9.32. The molecule has 6 nitrogen and oxygen atoms in total. The number of ether oxygens (including phenoxy) is 1. The molecule has 3 atom stereocenters. The van der Waals surface area contributed by atoms with E-state index in [-0.39, 0.29) is 24.5 Å². The van der Waals surface area contributed by atoms with Crippen LogP contribution in [0.4, 0.5) is 0 Å². The maximum atomic E-state index is 14.3. The van der Waals surface area contributed by atoms with E-state index in [4.69, 9.17) is 4.74 Å². The molecule has 0 aromatic heterocycles. The van der Waals surface area contributed by atoms with Crippen LogP contribution in [0.1, 0.15) is 47.2 Å². The lowest BCUT2D eigenvalue weighted by atomic mass is 9.88. The number of nitrogens with zero attached hydrogens (tertiary/aromatic N) is 2. The predicted octanol–water partition coefficient (Wildman–Crippen LogP) is 4.27. The minimum absolute atomic E-state index is 0.0407. The number of likely N-dealkylation sites (tertiary alicyclic amines) is 1. The number of amides is 2. The molecule has 3 aromatic carbocycles. The molecule has 3 aromatic rings. The van der Waals surface area contributed by atoms with Gasteiger partial charge in [0.05, 0.1) is 18.6 Å². The fourth-order valence-corrected chi connectivity index (χ4v) is 5.68. The number of hydrogen-bond donors (Lipinski definition) is 0. The van der Waals surface area contributed by atoms with Crippen molar-refractivity contribution in [2.24, 2.45) is 0 Å². The number of benzene rings is 3. The summed E-state index contributed by atoms with van der Waals surface area (Å²) in [6, 6.07) is 27.0. The molecule has 184 valence electrons. The Labute approximate surface area is 211 Å². The SMILES string of the molecule is CCOC(=O)[C@H]1[C@H]2CC[C@@H](CN1C(=O)c1ccccc1)N2C(=O)C(c1ccccc1)c1ccccc1. The lowest BCUT2D eigenvalue weighted by molar-refractivity contribution is -0.156. The number of piperazine rings is 1. The van der Waals surface area contributed by atoms with Crippen molar-refractivity contribution in [3.8, 4) is 0 Å². The van der Waals surface area contributed by atoms with Gasteiger partial charge in [0, 0.05) is 18.2 Å². The molecular formula is C30H30N2O4. The van der Waals surface area contributed by atoms with Gasteiger partial charge in [0.25, 0.3) is 5.91 Å². The monoisotopic (exact) mass is 482 g/mol. The zero-order valence-corrected chi connectivity index (χ0v) is 20.3. The van der Waals surface area contributed by atoms with E-state index in [0.29, 0.717) is 18.5 Å². The molecule has 36 heavy (non-hydrogen) atoms. The summed E-state index contributed by atoms with van der Waals surface area (Å²) in [5.74, 6) is -1.20. The van der Waals surface area contributed by atoms with Gasteiger partial charge in [-0.2, -0.15) is 0 Å². The van der Waals surface area contributed by atoms with Crippen LogP contribution in [-0.2, 0) is 14.3 Å². The Kier molecular flexibility index (Phi) is 6.85. The van der Waals surface area contributed by atoms with E-state index < -0.39 is 24.0 Å². The van der Waals surface area contributed by atoms with Gasteiger partial charge < -0.3 is 14.5 Å². The average molecular weight is 483 g/mol. The molecule has 0 N–H and O–H groups in total. The average Bonchev–Trinajstić information content (AvgIpc) is 3.23. The number of carbonyl (C=O) groups is 3. The van der Waals surface area contributed by atoms with Gasteiger partial charge in [-0.05, 0) is 43.0 Å². The van der Waals surface area contributed by atoms with Gasteiger partial charge in [0.2, 0.25) is 5.91 Å². The topological polar surface area (TPSA) is 66.9 Å². The Morgan fingerprint density at radius 3 is 1.94 bits per heavy atom. The number of rotatable bonds is 6. The number of carbonyl (C=O) groups excluding carboxylic acids is 3. The highest BCUT2D eigenvalue weighted by molar-refractivity contribution is 5.98. The number of hydrogen-bond acceptors (Lipinski definition) is 4. The summed E-state index contributed by atoms with van der Waals surface area (Å²) in [5.41, 5.74) is 2.34. The van der Waals surface area contributed by atoms with Crippen LogP contribution in [0.15, 0.2) is 91.0 Å². The third-order valence-electron chi connectivity index (χ3n) is 7.23. The van der Waals surface area contributed by atoms with E-state index in [1.165, 1.54) is 0 Å². The van der Waals surface area contributed by atoms with Crippen molar-refractivity contribution in [2.45, 2.75) is 43.8 Å². The van der Waals surface area contributed by atoms with Crippen LogP contribution in [-0.4, -0.2) is 58.9 Å². The standard InChI is InChI=1S/C30H30N2O4/c1-2-36-30(35)27-25-19-18-24(20-31(27)28(33)23-16-10-5-11-17-23)32(25)29(34)26(21-12-6-3-7-13-21)22-14-8-4-9-15-22/h3-17,24-27H,2,18-20H2,1H3/t24-,25+,27+/m0/s1. The molecule has 6 heteroatoms. The van der Waals surface area contributed by atoms with Gasteiger partial charge in [-0.1, -0.05) is 78.9 Å². The Morgan fingerprint density at radius 2 is 1.39 bits per heavy atom. The number of fused-ring (bicyclic) bond motifs is 2. The Hall–Kier alpha value is -3.93. The molecule has 0 saturated carbocycles. The van der Waals surface area contributed by atoms with E-state index in [2.05, 4.69) is 0 Å². The summed E-state index contributed by atoms with van der Waals surface area (Å²) in [6.07, 6.45) is 1.38. The highest BCUT2D eigenvalue weighted by Gasteiger charge is 2.54. The molecule has 2 aliphatic heterocycles. The van der Waals surface area contributed by atoms with Gasteiger partial charge in [-0.3, -0.25) is 9.59 Å². The summed E-state index contributed by atoms with van der Waals surface area (Å²) in [4.78, 5) is 44.6. The summed E-state index contributed by atoms with van der Waals surface area (Å²) >= 11 is 0. The molecule has 0 radical (unpaired) electrons. The molecule has 0 spiro atoms. The maximum Gasteiger partial charge on any atom is 0.331 e. The van der Waals surface area contributed by atoms with Crippen LogP contribution in [0.5, 0.6) is 0 Å². The van der Waals surface area contributed by atoms with Crippen LogP contribution < -0.4 is 0 Å². The summed E-state index contributed by atoms with van der Waals surface area (Å²) in [5, 5.41) is 0. The normalized spacial score (nSPS) is 20.9. The Balaban J connectivity index is 1.52. The van der Waals surface area contributed by atoms with Crippen LogP contribution in [0.3, 0.4) is 0 Å². The first-order chi connectivity index (χ1) is 17.6. The second kappa shape index (κ2) is 10.4. The molecule has 2 saturated heterocycles. The van der Waals surface area contributed by atoms with Crippen molar-refractivity contribution in [2.75, 3.05) is 13.2 Å². The first-order valence-corrected chi connectivity index (χ1v) is 12.5. The molecule has 2 amide bonds. The van der Waals surface area contributed by atoms with Gasteiger partial charge in [0.1, 0.15) is 0 Å². The first-order valence-electron chi connectivity index (χ1n) is 12.5. The van der Waals surface area contributed by atoms with Gasteiger partial charge in [-0.25, -0.2) is 4.79 Å². The lowest BCUT2D eigenvalue weighted by Crippen LogP contribution is -2.65. The summed E-state index contributed by atoms with van der Waals surface area (Å²) < 4.78 is 5.44. The first kappa shape index (κ1) is 23.8. The fraction of sp³-hybridized carbons (Fsp3) is 0.300. The van der Waals surface area contributed by atoms with E-state index in [1.807, 2.05) is 83.8 Å². The molecule has 2 bridgehead atoms. The third-order valence-corrected chi connectivity index (χ3v) is 7.23. The van der Waals surface area contributed by atoms with E-state index in [9.17, 15) is 14.4 Å². The quantitative estimate of drug-likeness (QED) is 0.493. The Bertz CT molecular complexity index is 1180. The van der Waals surface area contributed by atoms with Crippen molar-refractivity contribution < 1.29 is 19.1 Å². The second-order valence-corrected chi connectivity index (χ2v) is 9.32. The fourth-order valence-electron chi connectivity index (χ4n) is 5.68. The lowest BCUT2D eigenvalue weighted by Gasteiger charge is -2.46. The summed E-state index contributed by atoms with van der Waals surface area (Å²) in [7, 11) is 0. The molecule has 0 aliphatic carbocycles. The zero-order chi connectivity index (χ0) is 25.1. The van der Waals surface area contributed by atoms with Crippen LogP contribution >= 0.6 is 0 Å². The highest BCUT2D eigenvalue weighted by Crippen LogP contribution is 2.39. The van der Waals surface area contributed by atoms with E-state index in [0.717, 1.165) is 17.5 Å². The van der Waals surface area contributed by atoms with Crippen LogP contribution in [0, 0.1) is 0 Å². The summed E-state index contributed by atoms with van der Waals surface area (Å²) in [6.45, 7) is 2.27. The highest BCUT2D eigenvalue weighted by atomic mass is 16.5. The molecule has 2 fully saturated rings. The number of esters is 1. The molecular weight excluding hydrogens is 452 g/mol. The van der Waals surface area contributed by atoms with Crippen molar-refractivity contribution in [1.29, 1.82) is 0 Å². The maximum absolute atomic E-state index is 14.3. The van der Waals surface area contributed by atoms with Crippen LogP contribution in [0.25, 0.3) is 0 Å². The van der Waals surface area contributed by atoms with Gasteiger partial charge >= 0.3 is 5.97 Å². The van der Waals surface area contributed by atoms with Crippen molar-refractivity contribution in [3.05, 3.63) is 108 Å². The third kappa shape index (κ3) is 4.39. The largest absolute Gasteiger partial charge is 0.464 e. The van der Waals surface area contributed by atoms with E-state index in [1.54, 1.807) is 24.0 Å². The Morgan fingerprint density at radius 1 is 0.833 bits per heavy atom. The van der Waals surface area contributed by atoms with Crippen LogP contribution in [0.2, 0.25) is 0 Å². The van der Waals surface area contributed by atoms with E-state index >= 15 is 0 Å². The van der Waals surface area contributed by atoms with Crippen molar-refractivity contribution >= 4 is 17.8 Å². The molecule has 2 heterocycles. The molecule has 5 rings (SSSR count). The molecule has 2 aliphatic rings.